The lowest BCUT2D eigenvalue weighted by atomic mass is 10.1. The average Bonchev–Trinajstić information content (AvgIpc) is 2.95. The van der Waals surface area contributed by atoms with Crippen LogP contribution in [0.2, 0.25) is 0 Å². The maximum atomic E-state index is 12.3. The van der Waals surface area contributed by atoms with Crippen molar-refractivity contribution in [3.63, 3.8) is 0 Å². The van der Waals surface area contributed by atoms with Crippen molar-refractivity contribution in [3.05, 3.63) is 41.1 Å². The summed E-state index contributed by atoms with van der Waals surface area (Å²) < 4.78 is 2.68. The summed E-state index contributed by atoms with van der Waals surface area (Å²) in [5, 5.41) is 7.14. The van der Waals surface area contributed by atoms with E-state index >= 15 is 0 Å². The van der Waals surface area contributed by atoms with Crippen molar-refractivity contribution in [3.8, 4) is 0 Å². The number of carbonyl (C=O) groups is 1. The molecule has 0 spiro atoms. The predicted octanol–water partition coefficient (Wildman–Crippen LogP) is 3.77. The van der Waals surface area contributed by atoms with Crippen LogP contribution in [0.25, 0.3) is 0 Å². The van der Waals surface area contributed by atoms with Gasteiger partial charge in [0.05, 0.1) is 23.1 Å². The molecule has 1 aromatic carbocycles. The third-order valence-corrected chi connectivity index (χ3v) is 4.18. The van der Waals surface area contributed by atoms with E-state index in [2.05, 4.69) is 45.1 Å². The van der Waals surface area contributed by atoms with Crippen LogP contribution in [0.1, 0.15) is 20.8 Å². The highest BCUT2D eigenvalue weighted by Crippen LogP contribution is 2.18. The first-order valence-corrected chi connectivity index (χ1v) is 8.66. The van der Waals surface area contributed by atoms with Gasteiger partial charge in [0.2, 0.25) is 5.91 Å². The molecule has 1 amide bonds. The molecule has 1 heterocycles. The lowest BCUT2D eigenvalue weighted by molar-refractivity contribution is -0.119. The Bertz CT molecular complexity index is 634. The summed E-state index contributed by atoms with van der Waals surface area (Å²) in [5.41, 5.74) is 1.99. The number of hydrogen-bond donors (Lipinski definition) is 1. The Labute approximate surface area is 145 Å². The molecule has 6 heteroatoms. The van der Waals surface area contributed by atoms with Gasteiger partial charge in [-0.3, -0.25) is 9.48 Å². The summed E-state index contributed by atoms with van der Waals surface area (Å²) in [4.78, 5) is 14.5. The molecule has 0 aliphatic rings. The first-order chi connectivity index (χ1) is 11.0. The zero-order valence-corrected chi connectivity index (χ0v) is 15.4. The monoisotopic (exact) mass is 378 g/mol. The molecule has 2 rings (SSSR count). The molecule has 5 nitrogen and oxygen atoms in total. The minimum Gasteiger partial charge on any atom is -0.372 e. The van der Waals surface area contributed by atoms with E-state index in [-0.39, 0.29) is 11.8 Å². The normalized spacial score (nSPS) is 12.0. The van der Waals surface area contributed by atoms with E-state index in [1.54, 1.807) is 10.9 Å². The van der Waals surface area contributed by atoms with Gasteiger partial charge in [-0.15, -0.1) is 0 Å². The Morgan fingerprint density at radius 1 is 1.30 bits per heavy atom. The summed E-state index contributed by atoms with van der Waals surface area (Å²) in [6, 6.07) is 7.97. The maximum Gasteiger partial charge on any atom is 0.229 e. The molecule has 2 aromatic rings. The molecule has 0 saturated heterocycles. The second kappa shape index (κ2) is 8.15. The molecule has 1 atom stereocenters. The SMILES string of the molecule is CCN(CC)c1ccc(NC(=O)C(C)Cn2cc(Br)cn2)cc1. The zero-order chi connectivity index (χ0) is 16.8. The Kier molecular flexibility index (Phi) is 6.21. The van der Waals surface area contributed by atoms with Crippen molar-refractivity contribution < 1.29 is 4.79 Å². The molecular weight excluding hydrogens is 356 g/mol. The van der Waals surface area contributed by atoms with E-state index in [1.807, 2.05) is 37.4 Å². The van der Waals surface area contributed by atoms with Crippen LogP contribution in [-0.2, 0) is 11.3 Å². The van der Waals surface area contributed by atoms with E-state index in [1.165, 1.54) is 5.69 Å². The van der Waals surface area contributed by atoms with E-state index < -0.39 is 0 Å². The van der Waals surface area contributed by atoms with Gasteiger partial charge < -0.3 is 10.2 Å². The number of anilines is 2. The van der Waals surface area contributed by atoms with Crippen LogP contribution in [0.15, 0.2) is 41.1 Å². The van der Waals surface area contributed by atoms with Gasteiger partial charge in [0.1, 0.15) is 0 Å². The van der Waals surface area contributed by atoms with Gasteiger partial charge >= 0.3 is 0 Å². The van der Waals surface area contributed by atoms with Gasteiger partial charge in [0.25, 0.3) is 0 Å². The number of amides is 1. The summed E-state index contributed by atoms with van der Waals surface area (Å²) in [5.74, 6) is -0.170. The number of nitrogens with zero attached hydrogens (tertiary/aromatic N) is 3. The number of aromatic nitrogens is 2. The maximum absolute atomic E-state index is 12.3. The third-order valence-electron chi connectivity index (χ3n) is 3.77. The second-order valence-electron chi connectivity index (χ2n) is 5.49. The minimum absolute atomic E-state index is 0.00721. The molecule has 0 aliphatic heterocycles. The first-order valence-electron chi connectivity index (χ1n) is 7.87. The van der Waals surface area contributed by atoms with Crippen LogP contribution in [0.3, 0.4) is 0 Å². The van der Waals surface area contributed by atoms with E-state index in [0.29, 0.717) is 6.54 Å². The van der Waals surface area contributed by atoms with Crippen LogP contribution in [0.4, 0.5) is 11.4 Å². The molecular formula is C17H23BrN4O. The first kappa shape index (κ1) is 17.5. The smallest absolute Gasteiger partial charge is 0.229 e. The molecule has 0 aliphatic carbocycles. The quantitative estimate of drug-likeness (QED) is 0.797. The summed E-state index contributed by atoms with van der Waals surface area (Å²) in [6.07, 6.45) is 3.58. The summed E-state index contributed by atoms with van der Waals surface area (Å²) in [6.45, 7) is 8.66. The zero-order valence-electron chi connectivity index (χ0n) is 13.8. The fourth-order valence-electron chi connectivity index (χ4n) is 2.41. The van der Waals surface area contributed by atoms with Crippen molar-refractivity contribution in [1.82, 2.24) is 9.78 Å². The fourth-order valence-corrected chi connectivity index (χ4v) is 2.74. The highest BCUT2D eigenvalue weighted by Gasteiger charge is 2.14. The van der Waals surface area contributed by atoms with Crippen molar-refractivity contribution >= 4 is 33.2 Å². The molecule has 1 aromatic heterocycles. The average molecular weight is 379 g/mol. The van der Waals surface area contributed by atoms with Crippen LogP contribution in [0, 0.1) is 5.92 Å². The Hall–Kier alpha value is -1.82. The number of carbonyl (C=O) groups excluding carboxylic acids is 1. The number of benzene rings is 1. The Morgan fingerprint density at radius 3 is 2.48 bits per heavy atom. The third kappa shape index (κ3) is 4.82. The van der Waals surface area contributed by atoms with Crippen molar-refractivity contribution in [2.75, 3.05) is 23.3 Å². The number of nitrogens with one attached hydrogen (secondary N) is 1. The molecule has 0 radical (unpaired) electrons. The van der Waals surface area contributed by atoms with E-state index in [4.69, 9.17) is 0 Å². The van der Waals surface area contributed by atoms with Crippen molar-refractivity contribution in [2.24, 2.45) is 5.92 Å². The van der Waals surface area contributed by atoms with Gasteiger partial charge in [-0.2, -0.15) is 5.10 Å². The minimum atomic E-state index is -0.163. The highest BCUT2D eigenvalue weighted by atomic mass is 79.9. The van der Waals surface area contributed by atoms with Gasteiger partial charge in [-0.1, -0.05) is 6.92 Å². The van der Waals surface area contributed by atoms with Crippen molar-refractivity contribution in [1.29, 1.82) is 0 Å². The van der Waals surface area contributed by atoms with Crippen molar-refractivity contribution in [2.45, 2.75) is 27.3 Å². The molecule has 124 valence electrons. The standard InChI is InChI=1S/C17H23BrN4O/c1-4-21(5-2)16-8-6-15(7-9-16)20-17(23)13(3)11-22-12-14(18)10-19-22/h6-10,12-13H,4-5,11H2,1-3H3,(H,20,23). The molecule has 0 saturated carbocycles. The van der Waals surface area contributed by atoms with Crippen LogP contribution >= 0.6 is 15.9 Å². The second-order valence-corrected chi connectivity index (χ2v) is 6.41. The predicted molar refractivity (Wildman–Crippen MR) is 97.7 cm³/mol. The van der Waals surface area contributed by atoms with E-state index in [9.17, 15) is 4.79 Å². The molecule has 0 bridgehead atoms. The lowest BCUT2D eigenvalue weighted by Gasteiger charge is -2.21. The largest absolute Gasteiger partial charge is 0.372 e. The fraction of sp³-hybridized carbons (Fsp3) is 0.412. The molecule has 1 N–H and O–H groups in total. The van der Waals surface area contributed by atoms with Gasteiger partial charge in [-0.25, -0.2) is 0 Å². The lowest BCUT2D eigenvalue weighted by Crippen LogP contribution is -2.25. The van der Waals surface area contributed by atoms with Crippen LogP contribution < -0.4 is 10.2 Å². The van der Waals surface area contributed by atoms with Crippen LogP contribution in [-0.4, -0.2) is 28.8 Å². The molecule has 0 fully saturated rings. The Morgan fingerprint density at radius 2 is 1.96 bits per heavy atom. The molecule has 1 unspecified atom stereocenters. The molecule has 23 heavy (non-hydrogen) atoms. The summed E-state index contributed by atoms with van der Waals surface area (Å²) >= 11 is 3.36. The number of halogens is 1. The Balaban J connectivity index is 1.94. The van der Waals surface area contributed by atoms with E-state index in [0.717, 1.165) is 23.2 Å². The van der Waals surface area contributed by atoms with Gasteiger partial charge in [-0.05, 0) is 54.0 Å². The van der Waals surface area contributed by atoms with Gasteiger partial charge in [0.15, 0.2) is 0 Å². The highest BCUT2D eigenvalue weighted by molar-refractivity contribution is 9.10. The van der Waals surface area contributed by atoms with Crippen LogP contribution in [0.5, 0.6) is 0 Å². The number of hydrogen-bond acceptors (Lipinski definition) is 3. The topological polar surface area (TPSA) is 50.2 Å². The summed E-state index contributed by atoms with van der Waals surface area (Å²) in [7, 11) is 0. The number of rotatable bonds is 7. The van der Waals surface area contributed by atoms with Gasteiger partial charge in [0, 0.05) is 30.7 Å².